The number of fused-ring (bicyclic) bond motifs is 1. The largest absolute Gasteiger partial charge is 0.335 e. The number of aryl methyl sites for hydroxylation is 1. The number of nitrogens with zero attached hydrogens (tertiary/aromatic N) is 2. The molecule has 2 aliphatic rings. The number of halogens is 1. The molecule has 0 N–H and O–H groups in total. The van der Waals surface area contributed by atoms with Crippen molar-refractivity contribution in [3.05, 3.63) is 63.6 Å². The minimum absolute atomic E-state index is 0.00875. The summed E-state index contributed by atoms with van der Waals surface area (Å²) in [4.78, 5) is 15.2. The van der Waals surface area contributed by atoms with Crippen molar-refractivity contribution in [2.24, 2.45) is 0 Å². The van der Waals surface area contributed by atoms with Crippen LogP contribution in [-0.2, 0) is 16.4 Å². The van der Waals surface area contributed by atoms with Crippen LogP contribution in [0.2, 0.25) is 0 Å². The lowest BCUT2D eigenvalue weighted by molar-refractivity contribution is 0.0729. The van der Waals surface area contributed by atoms with Crippen molar-refractivity contribution in [3.8, 4) is 0 Å². The Kier molecular flexibility index (Phi) is 5.33. The number of rotatable bonds is 4. The Morgan fingerprint density at radius 3 is 2.61 bits per heavy atom. The van der Waals surface area contributed by atoms with E-state index >= 15 is 0 Å². The second-order valence-corrected chi connectivity index (χ2v) is 10.2. The average Bonchev–Trinajstić information content (AvgIpc) is 3.37. The van der Waals surface area contributed by atoms with Gasteiger partial charge in [-0.2, -0.15) is 4.31 Å². The van der Waals surface area contributed by atoms with E-state index in [1.165, 1.54) is 21.5 Å². The zero-order valence-corrected chi connectivity index (χ0v) is 18.2. The molecule has 1 atom stereocenters. The summed E-state index contributed by atoms with van der Waals surface area (Å²) in [6.07, 6.45) is 3.59. The lowest BCUT2D eigenvalue weighted by Crippen LogP contribution is -2.31. The summed E-state index contributed by atoms with van der Waals surface area (Å²) in [5, 5.41) is 0. The van der Waals surface area contributed by atoms with Crippen LogP contribution in [-0.4, -0.2) is 43.7 Å². The molecule has 0 aromatic heterocycles. The van der Waals surface area contributed by atoms with E-state index in [1.54, 1.807) is 24.1 Å². The van der Waals surface area contributed by atoms with Gasteiger partial charge >= 0.3 is 0 Å². The van der Waals surface area contributed by atoms with E-state index in [2.05, 4.69) is 28.1 Å². The molecule has 2 aromatic rings. The van der Waals surface area contributed by atoms with Crippen LogP contribution < -0.4 is 0 Å². The van der Waals surface area contributed by atoms with Crippen LogP contribution in [0.15, 0.2) is 51.8 Å². The lowest BCUT2D eigenvalue weighted by Gasteiger charge is -2.26. The maximum Gasteiger partial charge on any atom is 0.255 e. The topological polar surface area (TPSA) is 57.7 Å². The first-order valence-corrected chi connectivity index (χ1v) is 11.8. The van der Waals surface area contributed by atoms with Crippen LogP contribution in [0, 0.1) is 0 Å². The first-order valence-electron chi connectivity index (χ1n) is 9.54. The Bertz CT molecular complexity index is 1020. The van der Waals surface area contributed by atoms with Gasteiger partial charge in [-0.15, -0.1) is 0 Å². The van der Waals surface area contributed by atoms with Crippen LogP contribution in [0.4, 0.5) is 0 Å². The molecule has 4 rings (SSSR count). The van der Waals surface area contributed by atoms with Crippen molar-refractivity contribution < 1.29 is 13.2 Å². The van der Waals surface area contributed by atoms with E-state index < -0.39 is 10.0 Å². The highest BCUT2D eigenvalue weighted by molar-refractivity contribution is 9.10. The number of hydrogen-bond acceptors (Lipinski definition) is 3. The van der Waals surface area contributed by atoms with Crippen molar-refractivity contribution in [1.29, 1.82) is 0 Å². The van der Waals surface area contributed by atoms with E-state index in [-0.39, 0.29) is 16.8 Å². The number of hydrogen-bond donors (Lipinski definition) is 0. The molecule has 1 fully saturated rings. The molecule has 1 aliphatic carbocycles. The Morgan fingerprint density at radius 2 is 1.86 bits per heavy atom. The fourth-order valence-corrected chi connectivity index (χ4v) is 6.13. The van der Waals surface area contributed by atoms with Gasteiger partial charge in [0, 0.05) is 24.6 Å². The molecule has 28 heavy (non-hydrogen) atoms. The van der Waals surface area contributed by atoms with Gasteiger partial charge in [0.15, 0.2) is 0 Å². The highest BCUT2D eigenvalue weighted by atomic mass is 79.9. The summed E-state index contributed by atoms with van der Waals surface area (Å²) in [6, 6.07) is 12.9. The third-order valence-corrected chi connectivity index (χ3v) is 8.35. The number of amides is 1. The quantitative estimate of drug-likeness (QED) is 0.689. The molecule has 7 heteroatoms. The molecule has 1 aliphatic heterocycles. The highest BCUT2D eigenvalue weighted by Crippen LogP contribution is 2.36. The smallest absolute Gasteiger partial charge is 0.255 e. The van der Waals surface area contributed by atoms with Crippen LogP contribution >= 0.6 is 15.9 Å². The van der Waals surface area contributed by atoms with Crippen molar-refractivity contribution in [1.82, 2.24) is 9.21 Å². The summed E-state index contributed by atoms with van der Waals surface area (Å²) in [6.45, 7) is 1.08. The first-order chi connectivity index (χ1) is 13.4. The van der Waals surface area contributed by atoms with Gasteiger partial charge in [0.05, 0.1) is 16.5 Å². The summed E-state index contributed by atoms with van der Waals surface area (Å²) in [7, 11) is -1.77. The Hall–Kier alpha value is -1.70. The van der Waals surface area contributed by atoms with Gasteiger partial charge in [0.2, 0.25) is 10.0 Å². The molecule has 0 spiro atoms. The Labute approximate surface area is 174 Å². The number of benzene rings is 2. The van der Waals surface area contributed by atoms with Crippen molar-refractivity contribution in [3.63, 3.8) is 0 Å². The third-order valence-electron chi connectivity index (χ3n) is 5.76. The van der Waals surface area contributed by atoms with Gasteiger partial charge < -0.3 is 4.90 Å². The van der Waals surface area contributed by atoms with E-state index in [0.29, 0.717) is 23.1 Å². The maximum absolute atomic E-state index is 13.3. The molecule has 148 valence electrons. The highest BCUT2D eigenvalue weighted by Gasteiger charge is 2.32. The molecular weight excluding hydrogens is 440 g/mol. The number of sulfonamides is 1. The average molecular weight is 463 g/mol. The zero-order valence-electron chi connectivity index (χ0n) is 15.8. The van der Waals surface area contributed by atoms with E-state index in [4.69, 9.17) is 0 Å². The number of carbonyl (C=O) groups is 1. The summed E-state index contributed by atoms with van der Waals surface area (Å²) in [5.74, 6) is -0.174. The van der Waals surface area contributed by atoms with Crippen molar-refractivity contribution >= 4 is 31.9 Å². The molecule has 1 unspecified atom stereocenters. The predicted octanol–water partition coefficient (Wildman–Crippen LogP) is 3.99. The normalized spacial score (nSPS) is 19.6. The van der Waals surface area contributed by atoms with Crippen LogP contribution in [0.25, 0.3) is 0 Å². The Morgan fingerprint density at radius 1 is 1.14 bits per heavy atom. The lowest BCUT2D eigenvalue weighted by atomic mass is 10.1. The first kappa shape index (κ1) is 19.6. The molecule has 2 aromatic carbocycles. The fourth-order valence-electron chi connectivity index (χ4n) is 4.17. The van der Waals surface area contributed by atoms with Gasteiger partial charge in [-0.3, -0.25) is 4.79 Å². The second-order valence-electron chi connectivity index (χ2n) is 7.42. The maximum atomic E-state index is 13.3. The van der Waals surface area contributed by atoms with Crippen molar-refractivity contribution in [2.75, 3.05) is 20.1 Å². The zero-order chi connectivity index (χ0) is 19.9. The van der Waals surface area contributed by atoms with Gasteiger partial charge in [-0.25, -0.2) is 8.42 Å². The minimum Gasteiger partial charge on any atom is -0.335 e. The summed E-state index contributed by atoms with van der Waals surface area (Å²) >= 11 is 3.43. The van der Waals surface area contributed by atoms with E-state index in [1.807, 2.05) is 12.1 Å². The molecule has 1 saturated heterocycles. The van der Waals surface area contributed by atoms with Gasteiger partial charge in [-0.05, 0) is 70.9 Å². The molecule has 0 radical (unpaired) electrons. The third kappa shape index (κ3) is 3.40. The predicted molar refractivity (Wildman–Crippen MR) is 112 cm³/mol. The monoisotopic (exact) mass is 462 g/mol. The molecular formula is C21H23BrN2O3S. The molecule has 1 amide bonds. The molecule has 0 bridgehead atoms. The van der Waals surface area contributed by atoms with Crippen LogP contribution in [0.3, 0.4) is 0 Å². The summed E-state index contributed by atoms with van der Waals surface area (Å²) < 4.78 is 27.9. The molecule has 0 saturated carbocycles. The van der Waals surface area contributed by atoms with Crippen LogP contribution in [0.5, 0.6) is 0 Å². The summed E-state index contributed by atoms with van der Waals surface area (Å²) in [5.41, 5.74) is 2.83. The van der Waals surface area contributed by atoms with Gasteiger partial charge in [0.25, 0.3) is 5.91 Å². The fraction of sp³-hybridized carbons (Fsp3) is 0.381. The molecule has 1 heterocycles. The van der Waals surface area contributed by atoms with Crippen molar-refractivity contribution in [2.45, 2.75) is 36.6 Å². The Balaban J connectivity index is 1.65. The van der Waals surface area contributed by atoms with Crippen LogP contribution in [0.1, 0.15) is 46.8 Å². The van der Waals surface area contributed by atoms with E-state index in [9.17, 15) is 13.2 Å². The SMILES string of the molecule is CN(C(=O)c1cc(S(=O)(=O)N2CCCC2)ccc1Br)C1CCc2ccccc21. The number of carbonyl (C=O) groups excluding carboxylic acids is 1. The van der Waals surface area contributed by atoms with Gasteiger partial charge in [0.1, 0.15) is 0 Å². The second kappa shape index (κ2) is 7.61. The molecule has 5 nitrogen and oxygen atoms in total. The van der Waals surface area contributed by atoms with E-state index in [0.717, 1.165) is 25.7 Å². The van der Waals surface area contributed by atoms with Gasteiger partial charge in [-0.1, -0.05) is 24.3 Å². The standard InChI is InChI=1S/C21H23BrN2O3S/c1-23(20-11-8-15-6-2-3-7-17(15)20)21(25)18-14-16(9-10-19(18)22)28(26,27)24-12-4-5-13-24/h2-3,6-7,9-10,14,20H,4-5,8,11-13H2,1H3. The minimum atomic E-state index is -3.56.